The third-order valence-electron chi connectivity index (χ3n) is 2.75. The number of hydrogen-bond donors (Lipinski definition) is 1. The van der Waals surface area contributed by atoms with E-state index in [-0.39, 0.29) is 12.0 Å². The van der Waals surface area contributed by atoms with Crippen LogP contribution in [0.4, 0.5) is 0 Å². The Labute approximate surface area is 80.6 Å². The molecule has 2 unspecified atom stereocenters. The van der Waals surface area contributed by atoms with Crippen molar-refractivity contribution in [2.45, 2.75) is 38.7 Å². The molecule has 1 saturated carbocycles. The van der Waals surface area contributed by atoms with Crippen LogP contribution in [-0.4, -0.2) is 24.4 Å². The van der Waals surface area contributed by atoms with E-state index in [2.05, 4.69) is 6.58 Å². The van der Waals surface area contributed by atoms with Crippen LogP contribution in [0.3, 0.4) is 0 Å². The van der Waals surface area contributed by atoms with Crippen molar-refractivity contribution in [2.75, 3.05) is 13.2 Å². The van der Waals surface area contributed by atoms with Crippen LogP contribution in [0.5, 0.6) is 0 Å². The van der Waals surface area contributed by atoms with Gasteiger partial charge in [0.05, 0.1) is 12.7 Å². The van der Waals surface area contributed by atoms with Crippen LogP contribution in [0.25, 0.3) is 0 Å². The van der Waals surface area contributed by atoms with Gasteiger partial charge in [-0.25, -0.2) is 0 Å². The molecule has 13 heavy (non-hydrogen) atoms. The Morgan fingerprint density at radius 2 is 2.15 bits per heavy atom. The number of aliphatic hydroxyl groups excluding tert-OH is 1. The number of rotatable bonds is 4. The highest BCUT2D eigenvalue weighted by Gasteiger charge is 2.24. The molecule has 0 radical (unpaired) electrons. The van der Waals surface area contributed by atoms with E-state index in [1.165, 1.54) is 6.42 Å². The summed E-state index contributed by atoms with van der Waals surface area (Å²) in [5.41, 5.74) is 1.06. The molecule has 1 rings (SSSR count). The first-order valence-electron chi connectivity index (χ1n) is 5.19. The van der Waals surface area contributed by atoms with E-state index in [0.717, 1.165) is 31.4 Å². The smallest absolute Gasteiger partial charge is 0.0677 e. The molecule has 0 bridgehead atoms. The molecule has 0 aromatic carbocycles. The second-order valence-electron chi connectivity index (χ2n) is 3.75. The summed E-state index contributed by atoms with van der Waals surface area (Å²) >= 11 is 0. The van der Waals surface area contributed by atoms with Gasteiger partial charge >= 0.3 is 0 Å². The Morgan fingerprint density at radius 3 is 2.77 bits per heavy atom. The molecule has 76 valence electrons. The number of hydrogen-bond acceptors (Lipinski definition) is 2. The molecule has 0 amide bonds. The molecule has 1 fully saturated rings. The summed E-state index contributed by atoms with van der Waals surface area (Å²) in [5.74, 6) is 0.278. The highest BCUT2D eigenvalue weighted by Crippen LogP contribution is 2.29. The summed E-state index contributed by atoms with van der Waals surface area (Å²) < 4.78 is 5.29. The molecule has 0 aromatic heterocycles. The van der Waals surface area contributed by atoms with E-state index >= 15 is 0 Å². The zero-order valence-corrected chi connectivity index (χ0v) is 8.46. The maximum atomic E-state index is 9.72. The largest absolute Gasteiger partial charge is 0.393 e. The summed E-state index contributed by atoms with van der Waals surface area (Å²) in [4.78, 5) is 0. The van der Waals surface area contributed by atoms with Crippen molar-refractivity contribution in [3.63, 3.8) is 0 Å². The predicted octanol–water partition coefficient (Wildman–Crippen LogP) is 2.13. The molecule has 1 aliphatic carbocycles. The topological polar surface area (TPSA) is 29.5 Å². The monoisotopic (exact) mass is 184 g/mol. The molecule has 0 aliphatic heterocycles. The van der Waals surface area contributed by atoms with E-state index in [1.54, 1.807) is 0 Å². The molecule has 0 heterocycles. The summed E-state index contributed by atoms with van der Waals surface area (Å²) in [6.45, 7) is 7.29. The third kappa shape index (κ3) is 3.12. The highest BCUT2D eigenvalue weighted by atomic mass is 16.5. The lowest BCUT2D eigenvalue weighted by molar-refractivity contribution is 0.0740. The van der Waals surface area contributed by atoms with Gasteiger partial charge in [0.1, 0.15) is 0 Å². The fraction of sp³-hybridized carbons (Fsp3) is 0.818. The van der Waals surface area contributed by atoms with E-state index in [4.69, 9.17) is 4.74 Å². The molecule has 1 N–H and O–H groups in total. The summed E-state index contributed by atoms with van der Waals surface area (Å²) in [6, 6.07) is 0. The van der Waals surface area contributed by atoms with Crippen LogP contribution in [0, 0.1) is 5.92 Å². The SMILES string of the molecule is C=C(COCC)C1CCCCC1O. The van der Waals surface area contributed by atoms with Gasteiger partial charge in [-0.05, 0) is 25.3 Å². The van der Waals surface area contributed by atoms with Gasteiger partial charge in [-0.3, -0.25) is 0 Å². The quantitative estimate of drug-likeness (QED) is 0.678. The standard InChI is InChI=1S/C11H20O2/c1-3-13-8-9(2)10-6-4-5-7-11(10)12/h10-12H,2-8H2,1H3. The van der Waals surface area contributed by atoms with Gasteiger partial charge in [0.2, 0.25) is 0 Å². The van der Waals surface area contributed by atoms with Crippen LogP contribution >= 0.6 is 0 Å². The first-order chi connectivity index (χ1) is 6.25. The summed E-state index contributed by atoms with van der Waals surface area (Å²) in [7, 11) is 0. The van der Waals surface area contributed by atoms with Gasteiger partial charge in [0.25, 0.3) is 0 Å². The second kappa shape index (κ2) is 5.40. The Bertz CT molecular complexity index is 165. The minimum Gasteiger partial charge on any atom is -0.393 e. The van der Waals surface area contributed by atoms with Crippen molar-refractivity contribution >= 4 is 0 Å². The van der Waals surface area contributed by atoms with Crippen molar-refractivity contribution in [3.8, 4) is 0 Å². The lowest BCUT2D eigenvalue weighted by atomic mass is 9.82. The van der Waals surface area contributed by atoms with Crippen LogP contribution in [-0.2, 0) is 4.74 Å². The zero-order chi connectivity index (χ0) is 9.68. The molecule has 2 atom stereocenters. The molecule has 0 saturated heterocycles. The molecular weight excluding hydrogens is 164 g/mol. The lowest BCUT2D eigenvalue weighted by Crippen LogP contribution is -2.27. The fourth-order valence-electron chi connectivity index (χ4n) is 1.93. The number of aliphatic hydroxyl groups is 1. The maximum Gasteiger partial charge on any atom is 0.0677 e. The van der Waals surface area contributed by atoms with Gasteiger partial charge in [-0.15, -0.1) is 0 Å². The lowest BCUT2D eigenvalue weighted by Gasteiger charge is -2.29. The van der Waals surface area contributed by atoms with Gasteiger partial charge in [-0.2, -0.15) is 0 Å². The minimum atomic E-state index is -0.179. The Hall–Kier alpha value is -0.340. The van der Waals surface area contributed by atoms with Gasteiger partial charge in [0, 0.05) is 12.5 Å². The van der Waals surface area contributed by atoms with E-state index in [1.807, 2.05) is 6.92 Å². The van der Waals surface area contributed by atoms with Gasteiger partial charge in [-0.1, -0.05) is 19.4 Å². The molecule has 0 aromatic rings. The van der Waals surface area contributed by atoms with Crippen LogP contribution in [0.2, 0.25) is 0 Å². The van der Waals surface area contributed by atoms with E-state index < -0.39 is 0 Å². The average Bonchev–Trinajstić information content (AvgIpc) is 2.15. The second-order valence-corrected chi connectivity index (χ2v) is 3.75. The van der Waals surface area contributed by atoms with Crippen LogP contribution in [0.15, 0.2) is 12.2 Å². The summed E-state index contributed by atoms with van der Waals surface area (Å²) in [5, 5.41) is 9.72. The van der Waals surface area contributed by atoms with Crippen molar-refractivity contribution in [2.24, 2.45) is 5.92 Å². The Morgan fingerprint density at radius 1 is 1.46 bits per heavy atom. The van der Waals surface area contributed by atoms with E-state index in [9.17, 15) is 5.11 Å². The van der Waals surface area contributed by atoms with Crippen molar-refractivity contribution in [1.29, 1.82) is 0 Å². The summed E-state index contributed by atoms with van der Waals surface area (Å²) in [6.07, 6.45) is 4.19. The fourth-order valence-corrected chi connectivity index (χ4v) is 1.93. The number of ether oxygens (including phenoxy) is 1. The van der Waals surface area contributed by atoms with Crippen molar-refractivity contribution < 1.29 is 9.84 Å². The van der Waals surface area contributed by atoms with Crippen molar-refractivity contribution in [3.05, 3.63) is 12.2 Å². The van der Waals surface area contributed by atoms with Gasteiger partial charge in [0.15, 0.2) is 0 Å². The Balaban J connectivity index is 2.35. The predicted molar refractivity (Wildman–Crippen MR) is 53.6 cm³/mol. The van der Waals surface area contributed by atoms with Crippen molar-refractivity contribution in [1.82, 2.24) is 0 Å². The molecule has 0 spiro atoms. The Kier molecular flexibility index (Phi) is 4.46. The highest BCUT2D eigenvalue weighted by molar-refractivity contribution is 5.04. The zero-order valence-electron chi connectivity index (χ0n) is 8.46. The first kappa shape index (κ1) is 10.7. The molecular formula is C11H20O2. The molecule has 1 aliphatic rings. The van der Waals surface area contributed by atoms with Crippen LogP contribution < -0.4 is 0 Å². The normalized spacial score (nSPS) is 28.8. The first-order valence-corrected chi connectivity index (χ1v) is 5.19. The molecule has 2 heteroatoms. The third-order valence-corrected chi connectivity index (χ3v) is 2.75. The average molecular weight is 184 g/mol. The maximum absolute atomic E-state index is 9.72. The van der Waals surface area contributed by atoms with Gasteiger partial charge < -0.3 is 9.84 Å². The van der Waals surface area contributed by atoms with E-state index in [0.29, 0.717) is 6.61 Å². The minimum absolute atomic E-state index is 0.179. The molecule has 2 nitrogen and oxygen atoms in total. The van der Waals surface area contributed by atoms with Crippen LogP contribution in [0.1, 0.15) is 32.6 Å².